The van der Waals surface area contributed by atoms with Gasteiger partial charge in [0, 0.05) is 36.3 Å². The highest BCUT2D eigenvalue weighted by molar-refractivity contribution is 5.68. The van der Waals surface area contributed by atoms with Crippen LogP contribution in [0.25, 0.3) is 34.2 Å². The van der Waals surface area contributed by atoms with Crippen LogP contribution in [-0.2, 0) is 6.54 Å². The predicted molar refractivity (Wildman–Crippen MR) is 87.7 cm³/mol. The van der Waals surface area contributed by atoms with Crippen molar-refractivity contribution < 1.29 is 4.52 Å². The second kappa shape index (κ2) is 6.04. The zero-order chi connectivity index (χ0) is 16.4. The lowest BCUT2D eigenvalue weighted by Gasteiger charge is -2.05. The summed E-state index contributed by atoms with van der Waals surface area (Å²) in [6, 6.07) is 9.96. The van der Waals surface area contributed by atoms with Crippen LogP contribution in [0.3, 0.4) is 0 Å². The molecule has 0 unspecified atom stereocenters. The number of benzene rings is 1. The van der Waals surface area contributed by atoms with Gasteiger partial charge in [0.15, 0.2) is 0 Å². The van der Waals surface area contributed by atoms with Crippen molar-refractivity contribution >= 4 is 0 Å². The standard InChI is InChI=1S/C17H14N6O/c1-2-23-15(6-7-20-23)12-4-3-5-13(10-12)16-21-17(24-22-16)14-11-18-8-9-19-14/h3-11H,2H2,1H3. The van der Waals surface area contributed by atoms with Crippen LogP contribution in [-0.4, -0.2) is 29.9 Å². The van der Waals surface area contributed by atoms with Gasteiger partial charge in [-0.05, 0) is 19.1 Å². The molecule has 4 aromatic rings. The van der Waals surface area contributed by atoms with Gasteiger partial charge in [-0.3, -0.25) is 9.67 Å². The smallest absolute Gasteiger partial charge is 0.278 e. The Morgan fingerprint density at radius 3 is 2.83 bits per heavy atom. The molecule has 0 saturated carbocycles. The molecule has 0 aliphatic carbocycles. The number of aryl methyl sites for hydroxylation is 1. The monoisotopic (exact) mass is 318 g/mol. The van der Waals surface area contributed by atoms with Gasteiger partial charge < -0.3 is 4.52 Å². The van der Waals surface area contributed by atoms with Crippen molar-refractivity contribution in [2.45, 2.75) is 13.5 Å². The van der Waals surface area contributed by atoms with Gasteiger partial charge in [0.25, 0.3) is 5.89 Å². The first-order valence-electron chi connectivity index (χ1n) is 7.58. The first kappa shape index (κ1) is 14.3. The van der Waals surface area contributed by atoms with Gasteiger partial charge in [-0.25, -0.2) is 4.98 Å². The van der Waals surface area contributed by atoms with Crippen LogP contribution >= 0.6 is 0 Å². The molecule has 0 aliphatic rings. The van der Waals surface area contributed by atoms with E-state index in [9.17, 15) is 0 Å². The Bertz CT molecular complexity index is 960. The molecule has 0 spiro atoms. The number of rotatable bonds is 4. The molecule has 3 aromatic heterocycles. The molecule has 118 valence electrons. The van der Waals surface area contributed by atoms with Crippen LogP contribution in [0.5, 0.6) is 0 Å². The fourth-order valence-electron chi connectivity index (χ4n) is 2.50. The molecular weight excluding hydrogens is 304 g/mol. The van der Waals surface area contributed by atoms with Crippen LogP contribution in [0.1, 0.15) is 6.92 Å². The molecule has 24 heavy (non-hydrogen) atoms. The van der Waals surface area contributed by atoms with E-state index in [4.69, 9.17) is 4.52 Å². The summed E-state index contributed by atoms with van der Waals surface area (Å²) in [5, 5.41) is 8.36. The lowest BCUT2D eigenvalue weighted by Crippen LogP contribution is -1.98. The highest BCUT2D eigenvalue weighted by atomic mass is 16.5. The largest absolute Gasteiger partial charge is 0.332 e. The van der Waals surface area contributed by atoms with Crippen molar-refractivity contribution in [3.8, 4) is 34.2 Å². The molecule has 0 saturated heterocycles. The number of hydrogen-bond acceptors (Lipinski definition) is 6. The zero-order valence-corrected chi connectivity index (χ0v) is 13.0. The Morgan fingerprint density at radius 2 is 2.00 bits per heavy atom. The first-order chi connectivity index (χ1) is 11.8. The lowest BCUT2D eigenvalue weighted by atomic mass is 10.1. The molecule has 0 bridgehead atoms. The predicted octanol–water partition coefficient (Wildman–Crippen LogP) is 3.08. The second-order valence-electron chi connectivity index (χ2n) is 5.13. The summed E-state index contributed by atoms with van der Waals surface area (Å²) in [4.78, 5) is 12.6. The molecule has 0 radical (unpaired) electrons. The molecule has 0 atom stereocenters. The lowest BCUT2D eigenvalue weighted by molar-refractivity contribution is 0.431. The Morgan fingerprint density at radius 1 is 1.08 bits per heavy atom. The van der Waals surface area contributed by atoms with Crippen molar-refractivity contribution in [3.63, 3.8) is 0 Å². The Hall–Kier alpha value is -3.35. The van der Waals surface area contributed by atoms with Gasteiger partial charge in [-0.15, -0.1) is 0 Å². The molecule has 7 nitrogen and oxygen atoms in total. The van der Waals surface area contributed by atoms with Gasteiger partial charge in [-0.2, -0.15) is 10.1 Å². The first-order valence-corrected chi connectivity index (χ1v) is 7.58. The summed E-state index contributed by atoms with van der Waals surface area (Å²) < 4.78 is 7.24. The molecule has 0 N–H and O–H groups in total. The number of aromatic nitrogens is 6. The van der Waals surface area contributed by atoms with Crippen molar-refractivity contribution in [2.75, 3.05) is 0 Å². The topological polar surface area (TPSA) is 82.5 Å². The maximum atomic E-state index is 5.30. The van der Waals surface area contributed by atoms with Gasteiger partial charge in [-0.1, -0.05) is 23.4 Å². The van der Waals surface area contributed by atoms with Gasteiger partial charge >= 0.3 is 0 Å². The minimum Gasteiger partial charge on any atom is -0.332 e. The molecule has 7 heteroatoms. The third-order valence-electron chi connectivity index (χ3n) is 3.64. The molecule has 0 amide bonds. The average molecular weight is 318 g/mol. The second-order valence-corrected chi connectivity index (χ2v) is 5.13. The van der Waals surface area contributed by atoms with E-state index in [0.29, 0.717) is 17.4 Å². The highest BCUT2D eigenvalue weighted by Gasteiger charge is 2.13. The van der Waals surface area contributed by atoms with Gasteiger partial charge in [0.1, 0.15) is 5.69 Å². The third-order valence-corrected chi connectivity index (χ3v) is 3.64. The van der Waals surface area contributed by atoms with Gasteiger partial charge in [0.05, 0.1) is 11.9 Å². The fourth-order valence-corrected chi connectivity index (χ4v) is 2.50. The maximum Gasteiger partial charge on any atom is 0.278 e. The van der Waals surface area contributed by atoms with Crippen LogP contribution in [0, 0.1) is 0 Å². The quantitative estimate of drug-likeness (QED) is 0.575. The van der Waals surface area contributed by atoms with E-state index in [2.05, 4.69) is 32.1 Å². The molecule has 0 aliphatic heterocycles. The summed E-state index contributed by atoms with van der Waals surface area (Å²) in [5.74, 6) is 0.863. The van der Waals surface area contributed by atoms with E-state index < -0.39 is 0 Å². The van der Waals surface area contributed by atoms with Crippen LogP contribution in [0.4, 0.5) is 0 Å². The minimum atomic E-state index is 0.349. The maximum absolute atomic E-state index is 5.30. The summed E-state index contributed by atoms with van der Waals surface area (Å²) in [5.41, 5.74) is 3.53. The normalized spacial score (nSPS) is 10.9. The minimum absolute atomic E-state index is 0.349. The number of hydrogen-bond donors (Lipinski definition) is 0. The van der Waals surface area contributed by atoms with Crippen LogP contribution in [0.15, 0.2) is 59.6 Å². The summed E-state index contributed by atoms with van der Waals surface area (Å²) in [6.45, 7) is 2.87. The van der Waals surface area contributed by atoms with E-state index in [1.54, 1.807) is 24.8 Å². The average Bonchev–Trinajstić information content (AvgIpc) is 3.32. The van der Waals surface area contributed by atoms with Crippen molar-refractivity contribution in [3.05, 3.63) is 55.1 Å². The van der Waals surface area contributed by atoms with Crippen molar-refractivity contribution in [1.82, 2.24) is 29.9 Å². The van der Waals surface area contributed by atoms with E-state index in [0.717, 1.165) is 23.4 Å². The molecule has 4 rings (SSSR count). The van der Waals surface area contributed by atoms with E-state index >= 15 is 0 Å². The molecular formula is C17H14N6O. The summed E-state index contributed by atoms with van der Waals surface area (Å²) >= 11 is 0. The molecule has 3 heterocycles. The highest BCUT2D eigenvalue weighted by Crippen LogP contribution is 2.26. The van der Waals surface area contributed by atoms with Crippen LogP contribution < -0.4 is 0 Å². The number of nitrogens with zero attached hydrogens (tertiary/aromatic N) is 6. The summed E-state index contributed by atoms with van der Waals surface area (Å²) in [7, 11) is 0. The molecule has 1 aromatic carbocycles. The molecule has 0 fully saturated rings. The fraction of sp³-hybridized carbons (Fsp3) is 0.118. The van der Waals surface area contributed by atoms with Gasteiger partial charge in [0.2, 0.25) is 5.82 Å². The van der Waals surface area contributed by atoms with E-state index in [1.165, 1.54) is 0 Å². The van der Waals surface area contributed by atoms with Crippen molar-refractivity contribution in [1.29, 1.82) is 0 Å². The zero-order valence-electron chi connectivity index (χ0n) is 13.0. The van der Waals surface area contributed by atoms with Crippen molar-refractivity contribution in [2.24, 2.45) is 0 Å². The third kappa shape index (κ3) is 2.56. The van der Waals surface area contributed by atoms with E-state index in [-0.39, 0.29) is 0 Å². The van der Waals surface area contributed by atoms with E-state index in [1.807, 2.05) is 35.0 Å². The Kier molecular flexibility index (Phi) is 3.59. The Labute approximate surface area is 138 Å². The summed E-state index contributed by atoms with van der Waals surface area (Å²) in [6.07, 6.45) is 6.58. The SMILES string of the molecule is CCn1nccc1-c1cccc(-c2noc(-c3cnccn3)n2)c1. The van der Waals surface area contributed by atoms with Crippen LogP contribution in [0.2, 0.25) is 0 Å². The Balaban J connectivity index is 1.71.